The molecule has 158 valence electrons. The zero-order chi connectivity index (χ0) is 22.0. The van der Waals surface area contributed by atoms with Crippen LogP contribution < -0.4 is 5.56 Å². The molecule has 0 amide bonds. The molecule has 0 saturated carbocycles. The third-order valence-electron chi connectivity index (χ3n) is 4.60. The van der Waals surface area contributed by atoms with Crippen LogP contribution in [0.2, 0.25) is 0 Å². The van der Waals surface area contributed by atoms with Crippen LogP contribution in [0.15, 0.2) is 56.5 Å². The fraction of sp³-hybridized carbons (Fsp3) is 0.190. The average Bonchev–Trinajstić information content (AvgIpc) is 3.23. The summed E-state index contributed by atoms with van der Waals surface area (Å²) in [6, 6.07) is 9.82. The van der Waals surface area contributed by atoms with E-state index in [1.807, 2.05) is 0 Å². The minimum atomic E-state index is -0.539. The predicted octanol–water partition coefficient (Wildman–Crippen LogP) is 3.79. The van der Waals surface area contributed by atoms with E-state index in [0.717, 1.165) is 4.47 Å². The lowest BCUT2D eigenvalue weighted by Gasteiger charge is -2.06. The average molecular weight is 487 g/mol. The van der Waals surface area contributed by atoms with Crippen LogP contribution in [0.25, 0.3) is 22.3 Å². The second kappa shape index (κ2) is 8.76. The first kappa shape index (κ1) is 20.9. The number of aryl methyl sites for hydroxylation is 2. The molecular weight excluding hydrogens is 471 g/mol. The summed E-state index contributed by atoms with van der Waals surface area (Å²) in [5.41, 5.74) is 1.30. The lowest BCUT2D eigenvalue weighted by Crippen LogP contribution is -2.22. The SMILES string of the molecule is Cc1ccc(-c2noc(COC(=O)CCn3cnc4ccc(Br)cc4c3=O)n2)cc1F. The summed E-state index contributed by atoms with van der Waals surface area (Å²) in [5, 5.41) is 4.23. The third kappa shape index (κ3) is 4.69. The summed E-state index contributed by atoms with van der Waals surface area (Å²) < 4.78 is 26.0. The minimum Gasteiger partial charge on any atom is -0.456 e. The number of hydrogen-bond acceptors (Lipinski definition) is 7. The van der Waals surface area contributed by atoms with Crippen LogP contribution >= 0.6 is 15.9 Å². The highest BCUT2D eigenvalue weighted by Gasteiger charge is 2.13. The number of carbonyl (C=O) groups excluding carboxylic acids is 1. The number of benzene rings is 2. The number of halogens is 2. The van der Waals surface area contributed by atoms with E-state index < -0.39 is 5.97 Å². The minimum absolute atomic E-state index is 0.0364. The molecule has 0 spiro atoms. The molecule has 0 fully saturated rings. The fourth-order valence-electron chi connectivity index (χ4n) is 2.88. The summed E-state index contributed by atoms with van der Waals surface area (Å²) in [6.07, 6.45) is 1.36. The third-order valence-corrected chi connectivity index (χ3v) is 5.09. The number of hydrogen-bond donors (Lipinski definition) is 0. The largest absolute Gasteiger partial charge is 0.456 e. The van der Waals surface area contributed by atoms with Gasteiger partial charge < -0.3 is 9.26 Å². The highest BCUT2D eigenvalue weighted by atomic mass is 79.9. The zero-order valence-corrected chi connectivity index (χ0v) is 17.9. The number of rotatable bonds is 6. The maximum absolute atomic E-state index is 13.7. The van der Waals surface area contributed by atoms with Gasteiger partial charge in [0.1, 0.15) is 5.82 Å². The van der Waals surface area contributed by atoms with Gasteiger partial charge >= 0.3 is 5.97 Å². The van der Waals surface area contributed by atoms with Crippen molar-refractivity contribution in [2.75, 3.05) is 0 Å². The molecule has 0 bridgehead atoms. The van der Waals surface area contributed by atoms with E-state index in [2.05, 4.69) is 31.1 Å². The van der Waals surface area contributed by atoms with Crippen molar-refractivity contribution in [1.82, 2.24) is 19.7 Å². The van der Waals surface area contributed by atoms with Gasteiger partial charge in [-0.1, -0.05) is 33.2 Å². The van der Waals surface area contributed by atoms with E-state index in [9.17, 15) is 14.0 Å². The molecule has 0 aliphatic rings. The van der Waals surface area contributed by atoms with Gasteiger partial charge in [0.05, 0.1) is 23.7 Å². The van der Waals surface area contributed by atoms with Crippen molar-refractivity contribution in [3.63, 3.8) is 0 Å². The van der Waals surface area contributed by atoms with Crippen molar-refractivity contribution in [3.05, 3.63) is 74.8 Å². The maximum Gasteiger partial charge on any atom is 0.308 e. The van der Waals surface area contributed by atoms with Crippen molar-refractivity contribution < 1.29 is 18.4 Å². The molecule has 0 aliphatic heterocycles. The molecule has 31 heavy (non-hydrogen) atoms. The van der Waals surface area contributed by atoms with Gasteiger partial charge in [0, 0.05) is 16.6 Å². The van der Waals surface area contributed by atoms with E-state index in [4.69, 9.17) is 9.26 Å². The topological polar surface area (TPSA) is 100 Å². The standard InChI is InChI=1S/C21H16BrFN4O4/c1-12-2-3-13(8-16(12)23)20-25-18(31-26-20)10-30-19(28)6-7-27-11-24-17-5-4-14(22)9-15(17)21(27)29/h2-5,8-9,11H,6-7,10H2,1H3. The monoisotopic (exact) mass is 486 g/mol. The van der Waals surface area contributed by atoms with Crippen molar-refractivity contribution >= 4 is 32.8 Å². The van der Waals surface area contributed by atoms with E-state index in [0.29, 0.717) is 22.0 Å². The summed E-state index contributed by atoms with van der Waals surface area (Å²) in [5.74, 6) is -0.632. The quantitative estimate of drug-likeness (QED) is 0.382. The zero-order valence-electron chi connectivity index (χ0n) is 16.3. The number of aromatic nitrogens is 4. The molecule has 2 aromatic heterocycles. The first-order valence-electron chi connectivity index (χ1n) is 9.30. The Morgan fingerprint density at radius 2 is 2.10 bits per heavy atom. The summed E-state index contributed by atoms with van der Waals surface area (Å²) in [4.78, 5) is 33.0. The number of esters is 1. The van der Waals surface area contributed by atoms with E-state index in [-0.39, 0.29) is 42.7 Å². The number of ether oxygens (including phenoxy) is 1. The molecule has 0 N–H and O–H groups in total. The van der Waals surface area contributed by atoms with Crippen molar-refractivity contribution in [3.8, 4) is 11.4 Å². The van der Waals surface area contributed by atoms with Crippen LogP contribution in [0.5, 0.6) is 0 Å². The van der Waals surface area contributed by atoms with Crippen molar-refractivity contribution in [2.45, 2.75) is 26.5 Å². The molecule has 0 atom stereocenters. The molecule has 2 aromatic carbocycles. The normalized spacial score (nSPS) is 11.1. The van der Waals surface area contributed by atoms with Crippen LogP contribution in [0.3, 0.4) is 0 Å². The smallest absolute Gasteiger partial charge is 0.308 e. The summed E-state index contributed by atoms with van der Waals surface area (Å²) in [6.45, 7) is 1.55. The van der Waals surface area contributed by atoms with Gasteiger partial charge in [0.15, 0.2) is 6.61 Å². The molecule has 2 heterocycles. The summed E-state index contributed by atoms with van der Waals surface area (Å²) in [7, 11) is 0. The van der Waals surface area contributed by atoms with E-state index in [1.165, 1.54) is 17.0 Å². The Balaban J connectivity index is 1.35. The molecule has 0 aliphatic carbocycles. The number of carbonyl (C=O) groups is 1. The van der Waals surface area contributed by atoms with Crippen LogP contribution in [0, 0.1) is 12.7 Å². The predicted molar refractivity (Wildman–Crippen MR) is 113 cm³/mol. The number of nitrogens with zero attached hydrogens (tertiary/aromatic N) is 4. The first-order chi connectivity index (χ1) is 14.9. The second-order valence-electron chi connectivity index (χ2n) is 6.79. The molecule has 4 aromatic rings. The van der Waals surface area contributed by atoms with Crippen molar-refractivity contribution in [2.24, 2.45) is 0 Å². The van der Waals surface area contributed by atoms with Gasteiger partial charge in [-0.3, -0.25) is 14.2 Å². The lowest BCUT2D eigenvalue weighted by atomic mass is 10.1. The highest BCUT2D eigenvalue weighted by molar-refractivity contribution is 9.10. The molecule has 0 unspecified atom stereocenters. The molecule has 0 radical (unpaired) electrons. The van der Waals surface area contributed by atoms with Gasteiger partial charge in [0.25, 0.3) is 11.4 Å². The van der Waals surface area contributed by atoms with Gasteiger partial charge in [0.2, 0.25) is 5.82 Å². The maximum atomic E-state index is 13.7. The van der Waals surface area contributed by atoms with Crippen molar-refractivity contribution in [1.29, 1.82) is 0 Å². The van der Waals surface area contributed by atoms with Gasteiger partial charge in [-0.15, -0.1) is 0 Å². The fourth-order valence-corrected chi connectivity index (χ4v) is 3.24. The van der Waals surface area contributed by atoms with Crippen LogP contribution in [-0.2, 0) is 22.7 Å². The highest BCUT2D eigenvalue weighted by Crippen LogP contribution is 2.19. The lowest BCUT2D eigenvalue weighted by molar-refractivity contribution is -0.146. The Hall–Kier alpha value is -3.40. The van der Waals surface area contributed by atoms with Gasteiger partial charge in [-0.05, 0) is 36.8 Å². The Morgan fingerprint density at radius 3 is 2.90 bits per heavy atom. The molecule has 4 rings (SSSR count). The first-order valence-corrected chi connectivity index (χ1v) is 10.1. The number of fused-ring (bicyclic) bond motifs is 1. The van der Waals surface area contributed by atoms with Gasteiger partial charge in [-0.2, -0.15) is 4.98 Å². The Morgan fingerprint density at radius 1 is 1.26 bits per heavy atom. The molecule has 10 heteroatoms. The Kier molecular flexibility index (Phi) is 5.90. The molecule has 0 saturated heterocycles. The Labute approximate surface area is 183 Å². The molecular formula is C21H16BrFN4O4. The van der Waals surface area contributed by atoms with E-state index in [1.54, 1.807) is 37.3 Å². The second-order valence-corrected chi connectivity index (χ2v) is 7.71. The van der Waals surface area contributed by atoms with Crippen LogP contribution in [-0.4, -0.2) is 25.7 Å². The van der Waals surface area contributed by atoms with E-state index >= 15 is 0 Å². The summed E-state index contributed by atoms with van der Waals surface area (Å²) >= 11 is 3.33. The Bertz CT molecular complexity index is 1330. The van der Waals surface area contributed by atoms with Crippen LogP contribution in [0.4, 0.5) is 4.39 Å². The van der Waals surface area contributed by atoms with Gasteiger partial charge in [-0.25, -0.2) is 9.37 Å². The molecule has 8 nitrogen and oxygen atoms in total. The van der Waals surface area contributed by atoms with Crippen LogP contribution in [0.1, 0.15) is 17.9 Å².